The lowest BCUT2D eigenvalue weighted by Gasteiger charge is -2.18. The first-order chi connectivity index (χ1) is 16.8. The molecular weight excluding hydrogens is 475 g/mol. The zero-order chi connectivity index (χ0) is 24.8. The molecule has 0 spiro atoms. The fraction of sp³-hybridized carbons (Fsp3) is 0.273. The van der Waals surface area contributed by atoms with Gasteiger partial charge in [-0.3, -0.25) is 18.9 Å². The number of imidazole rings is 1. The molecule has 0 saturated heterocycles. The Hall–Kier alpha value is -3.75. The Labute approximate surface area is 200 Å². The van der Waals surface area contributed by atoms with Gasteiger partial charge in [-0.15, -0.1) is 0 Å². The van der Waals surface area contributed by atoms with Crippen LogP contribution in [0.3, 0.4) is 0 Å². The SMILES string of the molecule is [C-]#[N+]c1ccc(COP(=O)(COCCn2cnc3c(=O)[nH]c(N)nc32)OCc2ccc(C)o2)cc1. The van der Waals surface area contributed by atoms with Gasteiger partial charge in [0.05, 0.1) is 26.1 Å². The van der Waals surface area contributed by atoms with E-state index in [9.17, 15) is 9.36 Å². The lowest BCUT2D eigenvalue weighted by molar-refractivity contribution is 0.114. The number of nitrogens with zero attached hydrogens (tertiary/aromatic N) is 4. The van der Waals surface area contributed by atoms with Crippen molar-refractivity contribution in [1.29, 1.82) is 0 Å². The highest BCUT2D eigenvalue weighted by Gasteiger charge is 2.26. The van der Waals surface area contributed by atoms with E-state index < -0.39 is 13.2 Å². The van der Waals surface area contributed by atoms with Crippen molar-refractivity contribution in [2.45, 2.75) is 26.7 Å². The third kappa shape index (κ3) is 6.23. The van der Waals surface area contributed by atoms with E-state index in [1.165, 1.54) is 6.33 Å². The molecule has 3 N–H and O–H groups in total. The summed E-state index contributed by atoms with van der Waals surface area (Å²) in [4.78, 5) is 25.8. The van der Waals surface area contributed by atoms with E-state index in [1.807, 2.05) is 0 Å². The van der Waals surface area contributed by atoms with Gasteiger partial charge in [-0.2, -0.15) is 4.98 Å². The molecule has 0 amide bonds. The van der Waals surface area contributed by atoms with Crippen LogP contribution in [0.15, 0.2) is 51.9 Å². The number of benzene rings is 1. The minimum Gasteiger partial charge on any atom is -0.464 e. The highest BCUT2D eigenvalue weighted by Crippen LogP contribution is 2.49. The molecule has 13 heteroatoms. The van der Waals surface area contributed by atoms with Gasteiger partial charge in [0, 0.05) is 6.54 Å². The Kier molecular flexibility index (Phi) is 7.43. The number of ether oxygens (including phenoxy) is 1. The standard InChI is InChI=1S/C22H23N6O6P/c1-15-3-8-18(34-15)12-33-35(30,32-11-16-4-6-17(24-2)7-5-16)14-31-10-9-28-13-25-19-20(28)26-22(23)27-21(19)29/h3-8,13H,9-12,14H2,1H3,(H3,23,26,27,29). The Bertz CT molecular complexity index is 1450. The van der Waals surface area contributed by atoms with Crippen LogP contribution in [0.5, 0.6) is 0 Å². The molecule has 0 aliphatic heterocycles. The summed E-state index contributed by atoms with van der Waals surface area (Å²) in [5, 5.41) is 0. The third-order valence-electron chi connectivity index (χ3n) is 4.91. The molecule has 1 unspecified atom stereocenters. The molecule has 182 valence electrons. The van der Waals surface area contributed by atoms with Gasteiger partial charge in [0.1, 0.15) is 24.5 Å². The smallest absolute Gasteiger partial charge is 0.356 e. The first-order valence-electron chi connectivity index (χ1n) is 10.5. The van der Waals surface area contributed by atoms with E-state index in [2.05, 4.69) is 19.8 Å². The van der Waals surface area contributed by atoms with E-state index >= 15 is 0 Å². The lowest BCUT2D eigenvalue weighted by atomic mass is 10.2. The van der Waals surface area contributed by atoms with Crippen LogP contribution in [0.1, 0.15) is 17.1 Å². The number of hydrogen-bond acceptors (Lipinski definition) is 9. The summed E-state index contributed by atoms with van der Waals surface area (Å²) in [6.07, 6.45) is 1.14. The average molecular weight is 498 g/mol. The number of rotatable bonds is 11. The van der Waals surface area contributed by atoms with Crippen molar-refractivity contribution in [3.63, 3.8) is 0 Å². The van der Waals surface area contributed by atoms with Crippen molar-refractivity contribution in [2.75, 3.05) is 18.7 Å². The number of aromatic nitrogens is 4. The number of hydrogen-bond donors (Lipinski definition) is 2. The van der Waals surface area contributed by atoms with Crippen LogP contribution in [-0.2, 0) is 38.1 Å². The van der Waals surface area contributed by atoms with Crippen LogP contribution >= 0.6 is 7.60 Å². The molecule has 0 aliphatic rings. The largest absolute Gasteiger partial charge is 0.464 e. The minimum atomic E-state index is -3.69. The number of nitrogens with two attached hydrogens (primary N) is 1. The molecule has 35 heavy (non-hydrogen) atoms. The predicted molar refractivity (Wildman–Crippen MR) is 127 cm³/mol. The van der Waals surface area contributed by atoms with E-state index in [0.29, 0.717) is 22.9 Å². The van der Waals surface area contributed by atoms with Crippen molar-refractivity contribution >= 4 is 30.4 Å². The zero-order valence-corrected chi connectivity index (χ0v) is 19.7. The summed E-state index contributed by atoms with van der Waals surface area (Å²) in [5.74, 6) is 1.19. The van der Waals surface area contributed by atoms with Crippen LogP contribution in [0.2, 0.25) is 0 Å². The number of aryl methyl sites for hydroxylation is 1. The first-order valence-corrected chi connectivity index (χ1v) is 12.3. The molecule has 0 fully saturated rings. The quantitative estimate of drug-likeness (QED) is 0.179. The maximum absolute atomic E-state index is 13.4. The van der Waals surface area contributed by atoms with Crippen molar-refractivity contribution < 1.29 is 22.8 Å². The van der Waals surface area contributed by atoms with Gasteiger partial charge in [-0.25, -0.2) is 9.83 Å². The second-order valence-electron chi connectivity index (χ2n) is 7.55. The van der Waals surface area contributed by atoms with Crippen LogP contribution in [0.25, 0.3) is 16.0 Å². The van der Waals surface area contributed by atoms with E-state index in [0.717, 1.165) is 5.56 Å². The number of nitrogen functional groups attached to an aromatic ring is 1. The van der Waals surface area contributed by atoms with Gasteiger partial charge < -0.3 is 24.0 Å². The predicted octanol–water partition coefficient (Wildman–Crippen LogP) is 3.75. The van der Waals surface area contributed by atoms with Crippen molar-refractivity contribution in [1.82, 2.24) is 19.5 Å². The Morgan fingerprint density at radius 2 is 1.97 bits per heavy atom. The van der Waals surface area contributed by atoms with Gasteiger partial charge in [-0.05, 0) is 24.6 Å². The Morgan fingerprint density at radius 1 is 1.20 bits per heavy atom. The highest BCUT2D eigenvalue weighted by atomic mass is 31.2. The van der Waals surface area contributed by atoms with E-state index in [4.69, 9.17) is 30.5 Å². The molecule has 3 aromatic heterocycles. The maximum atomic E-state index is 13.4. The van der Waals surface area contributed by atoms with Gasteiger partial charge in [0.15, 0.2) is 16.9 Å². The number of aromatic amines is 1. The molecule has 4 aromatic rings. The lowest BCUT2D eigenvalue weighted by Crippen LogP contribution is -2.13. The van der Waals surface area contributed by atoms with Crippen LogP contribution in [-0.4, -0.2) is 32.5 Å². The minimum absolute atomic E-state index is 0.00817. The molecule has 1 atom stereocenters. The maximum Gasteiger partial charge on any atom is 0.356 e. The van der Waals surface area contributed by atoms with Crippen LogP contribution < -0.4 is 11.3 Å². The van der Waals surface area contributed by atoms with E-state index in [1.54, 1.807) is 47.9 Å². The van der Waals surface area contributed by atoms with Gasteiger partial charge in [0.2, 0.25) is 5.95 Å². The van der Waals surface area contributed by atoms with Gasteiger partial charge in [-0.1, -0.05) is 24.3 Å². The Morgan fingerprint density at radius 3 is 2.69 bits per heavy atom. The molecular formula is C22H23N6O6P. The molecule has 0 radical (unpaired) electrons. The topological polar surface area (TPSA) is 152 Å². The summed E-state index contributed by atoms with van der Waals surface area (Å²) in [6, 6.07) is 10.3. The molecule has 3 heterocycles. The fourth-order valence-electron chi connectivity index (χ4n) is 3.15. The first kappa shape index (κ1) is 24.4. The number of fused-ring (bicyclic) bond motifs is 1. The number of nitrogens with one attached hydrogen (secondary N) is 1. The normalized spacial score (nSPS) is 13.0. The van der Waals surface area contributed by atoms with Crippen molar-refractivity contribution in [3.8, 4) is 0 Å². The molecule has 0 saturated carbocycles. The van der Waals surface area contributed by atoms with Crippen molar-refractivity contribution in [2.24, 2.45) is 0 Å². The number of anilines is 1. The second kappa shape index (κ2) is 10.7. The molecule has 4 rings (SSSR count). The molecule has 12 nitrogen and oxygen atoms in total. The number of furan rings is 1. The summed E-state index contributed by atoms with van der Waals surface area (Å²) in [5.41, 5.74) is 6.89. The van der Waals surface area contributed by atoms with Gasteiger partial charge in [0.25, 0.3) is 5.56 Å². The zero-order valence-electron chi connectivity index (χ0n) is 18.8. The summed E-state index contributed by atoms with van der Waals surface area (Å²) < 4.78 is 37.4. The second-order valence-corrected chi connectivity index (χ2v) is 9.54. The van der Waals surface area contributed by atoms with Crippen LogP contribution in [0.4, 0.5) is 11.6 Å². The molecule has 0 bridgehead atoms. The molecule has 1 aromatic carbocycles. The summed E-state index contributed by atoms with van der Waals surface area (Å²) >= 11 is 0. The van der Waals surface area contributed by atoms with Crippen molar-refractivity contribution in [3.05, 3.63) is 81.6 Å². The summed E-state index contributed by atoms with van der Waals surface area (Å²) in [7, 11) is -3.69. The van der Waals surface area contributed by atoms with Gasteiger partial charge >= 0.3 is 7.60 Å². The number of H-pyrrole nitrogens is 1. The monoisotopic (exact) mass is 498 g/mol. The molecule has 0 aliphatic carbocycles. The fourth-order valence-corrected chi connectivity index (χ4v) is 4.40. The van der Waals surface area contributed by atoms with E-state index in [-0.39, 0.29) is 44.2 Å². The van der Waals surface area contributed by atoms with Crippen LogP contribution in [0, 0.1) is 13.5 Å². The average Bonchev–Trinajstić information content (AvgIpc) is 3.46. The highest BCUT2D eigenvalue weighted by molar-refractivity contribution is 7.53. The Balaban J connectivity index is 1.39. The summed E-state index contributed by atoms with van der Waals surface area (Å²) in [6.45, 7) is 9.19. The third-order valence-corrected chi connectivity index (χ3v) is 6.46.